The molecule has 4 rings (SSSR count). The predicted octanol–water partition coefficient (Wildman–Crippen LogP) is 3.81. The monoisotopic (exact) mass is 448 g/mol. The largest absolute Gasteiger partial charge is 0.494 e. The van der Waals surface area contributed by atoms with Crippen LogP contribution in [0.1, 0.15) is 19.7 Å². The summed E-state index contributed by atoms with van der Waals surface area (Å²) in [6, 6.07) is 16.1. The summed E-state index contributed by atoms with van der Waals surface area (Å²) in [5.74, 6) is 2.62. The maximum atomic E-state index is 12.4. The molecule has 0 amide bonds. The number of rotatable bonds is 9. The van der Waals surface area contributed by atoms with Gasteiger partial charge in [0.05, 0.1) is 26.0 Å². The van der Waals surface area contributed by atoms with Gasteiger partial charge in [0.2, 0.25) is 11.7 Å². The highest BCUT2D eigenvalue weighted by atomic mass is 16.5. The fraction of sp³-hybridized carbons (Fsp3) is 0.250. The van der Waals surface area contributed by atoms with E-state index >= 15 is 0 Å². The van der Waals surface area contributed by atoms with Crippen LogP contribution in [-0.2, 0) is 6.54 Å². The average Bonchev–Trinajstić information content (AvgIpc) is 3.30. The van der Waals surface area contributed by atoms with Crippen molar-refractivity contribution in [3.05, 3.63) is 70.8 Å². The molecule has 0 spiro atoms. The van der Waals surface area contributed by atoms with Crippen molar-refractivity contribution in [3.63, 3.8) is 0 Å². The summed E-state index contributed by atoms with van der Waals surface area (Å²) < 4.78 is 23.1. The van der Waals surface area contributed by atoms with Crippen molar-refractivity contribution in [2.45, 2.75) is 20.4 Å². The Bertz CT molecular complexity index is 1280. The first-order valence-corrected chi connectivity index (χ1v) is 10.6. The van der Waals surface area contributed by atoms with Crippen LogP contribution in [0.5, 0.6) is 17.2 Å². The van der Waals surface area contributed by atoms with Crippen molar-refractivity contribution in [2.24, 2.45) is 0 Å². The minimum absolute atomic E-state index is 0.0465. The molecule has 0 saturated carbocycles. The van der Waals surface area contributed by atoms with Gasteiger partial charge < -0.3 is 18.7 Å². The number of methoxy groups -OCH3 is 1. The minimum Gasteiger partial charge on any atom is -0.494 e. The number of nitrogens with zero attached hydrogens (tertiary/aromatic N) is 4. The number of hydrogen-bond acceptors (Lipinski definition) is 8. The molecule has 0 aliphatic rings. The lowest BCUT2D eigenvalue weighted by molar-refractivity contribution is 0.311. The number of ether oxygens (including phenoxy) is 3. The SMILES string of the molecule is CCOc1ccc(-c2ccc(=O)n(Cc3nc(-c4ccc(OCC)c(OC)c4)no3)n2)cc1. The van der Waals surface area contributed by atoms with Crippen LogP contribution in [0.15, 0.2) is 63.9 Å². The lowest BCUT2D eigenvalue weighted by Crippen LogP contribution is -2.23. The molecule has 0 aliphatic carbocycles. The van der Waals surface area contributed by atoms with Crippen LogP contribution in [0.4, 0.5) is 0 Å². The highest BCUT2D eigenvalue weighted by Gasteiger charge is 2.14. The summed E-state index contributed by atoms with van der Waals surface area (Å²) in [6.45, 7) is 5.00. The van der Waals surface area contributed by atoms with Gasteiger partial charge in [0.25, 0.3) is 5.56 Å². The third-order valence-corrected chi connectivity index (χ3v) is 4.80. The Morgan fingerprint density at radius 1 is 0.909 bits per heavy atom. The second-order valence-electron chi connectivity index (χ2n) is 6.98. The summed E-state index contributed by atoms with van der Waals surface area (Å²) >= 11 is 0. The molecule has 0 radical (unpaired) electrons. The summed E-state index contributed by atoms with van der Waals surface area (Å²) in [7, 11) is 1.57. The van der Waals surface area contributed by atoms with Gasteiger partial charge >= 0.3 is 0 Å². The van der Waals surface area contributed by atoms with E-state index in [4.69, 9.17) is 18.7 Å². The fourth-order valence-electron chi connectivity index (χ4n) is 3.25. The van der Waals surface area contributed by atoms with Crippen LogP contribution in [0.25, 0.3) is 22.6 Å². The molecular formula is C24H24N4O5. The van der Waals surface area contributed by atoms with Crippen LogP contribution < -0.4 is 19.8 Å². The summed E-state index contributed by atoms with van der Waals surface area (Å²) in [5, 5.41) is 8.49. The summed E-state index contributed by atoms with van der Waals surface area (Å²) in [5.41, 5.74) is 1.94. The van der Waals surface area contributed by atoms with E-state index in [0.717, 1.165) is 11.3 Å². The van der Waals surface area contributed by atoms with Crippen molar-refractivity contribution >= 4 is 0 Å². The number of hydrogen-bond donors (Lipinski definition) is 0. The molecule has 0 unspecified atom stereocenters. The first kappa shape index (κ1) is 22.1. The molecule has 33 heavy (non-hydrogen) atoms. The molecule has 4 aromatic rings. The van der Waals surface area contributed by atoms with E-state index in [1.807, 2.05) is 44.2 Å². The highest BCUT2D eigenvalue weighted by Crippen LogP contribution is 2.31. The molecule has 9 nitrogen and oxygen atoms in total. The Morgan fingerprint density at radius 2 is 1.67 bits per heavy atom. The van der Waals surface area contributed by atoms with Crippen LogP contribution in [-0.4, -0.2) is 40.2 Å². The number of aromatic nitrogens is 4. The van der Waals surface area contributed by atoms with Gasteiger partial charge in [-0.25, -0.2) is 4.68 Å². The van der Waals surface area contributed by atoms with Crippen molar-refractivity contribution in [3.8, 4) is 39.9 Å². The van der Waals surface area contributed by atoms with Crippen molar-refractivity contribution in [1.29, 1.82) is 0 Å². The zero-order valence-corrected chi connectivity index (χ0v) is 18.6. The highest BCUT2D eigenvalue weighted by molar-refractivity contribution is 5.61. The topological polar surface area (TPSA) is 102 Å². The normalized spacial score (nSPS) is 10.8. The van der Waals surface area contributed by atoms with Gasteiger partial charge in [0, 0.05) is 17.2 Å². The molecule has 170 valence electrons. The molecule has 0 N–H and O–H groups in total. The molecule has 0 fully saturated rings. The molecule has 0 atom stereocenters. The second kappa shape index (κ2) is 9.99. The van der Waals surface area contributed by atoms with E-state index < -0.39 is 0 Å². The molecule has 2 heterocycles. The second-order valence-corrected chi connectivity index (χ2v) is 6.98. The number of benzene rings is 2. The molecule has 0 saturated heterocycles. The van der Waals surface area contributed by atoms with Gasteiger partial charge in [-0.2, -0.15) is 10.1 Å². The first-order valence-electron chi connectivity index (χ1n) is 10.6. The van der Waals surface area contributed by atoms with E-state index in [9.17, 15) is 4.79 Å². The molecule has 0 aliphatic heterocycles. The van der Waals surface area contributed by atoms with Crippen molar-refractivity contribution in [1.82, 2.24) is 19.9 Å². The standard InChI is InChI=1S/C24H24N4O5/c1-4-31-18-9-6-16(7-10-18)19-11-13-23(29)28(26-19)15-22-25-24(27-33-22)17-8-12-20(32-5-2)21(14-17)30-3/h6-14H,4-5,15H2,1-3H3. The maximum absolute atomic E-state index is 12.4. The summed E-state index contributed by atoms with van der Waals surface area (Å²) in [6.07, 6.45) is 0. The maximum Gasteiger partial charge on any atom is 0.267 e. The van der Waals surface area contributed by atoms with Gasteiger partial charge in [-0.05, 0) is 62.4 Å². The van der Waals surface area contributed by atoms with E-state index in [0.29, 0.717) is 41.8 Å². The fourth-order valence-corrected chi connectivity index (χ4v) is 3.25. The lowest BCUT2D eigenvalue weighted by Gasteiger charge is -2.09. The van der Waals surface area contributed by atoms with Crippen LogP contribution >= 0.6 is 0 Å². The Kier molecular flexibility index (Phi) is 6.68. The zero-order chi connectivity index (χ0) is 23.2. The van der Waals surface area contributed by atoms with E-state index in [-0.39, 0.29) is 18.0 Å². The Balaban J connectivity index is 1.56. The summed E-state index contributed by atoms with van der Waals surface area (Å²) in [4.78, 5) is 16.8. The molecule has 9 heteroatoms. The Morgan fingerprint density at radius 3 is 2.39 bits per heavy atom. The first-order chi connectivity index (χ1) is 16.1. The molecular weight excluding hydrogens is 424 g/mol. The Labute approximate surface area is 190 Å². The third-order valence-electron chi connectivity index (χ3n) is 4.80. The zero-order valence-electron chi connectivity index (χ0n) is 18.6. The van der Waals surface area contributed by atoms with Gasteiger partial charge in [-0.3, -0.25) is 4.79 Å². The van der Waals surface area contributed by atoms with Crippen LogP contribution in [0, 0.1) is 0 Å². The van der Waals surface area contributed by atoms with Crippen LogP contribution in [0.2, 0.25) is 0 Å². The predicted molar refractivity (Wildman–Crippen MR) is 122 cm³/mol. The third kappa shape index (κ3) is 5.03. The quantitative estimate of drug-likeness (QED) is 0.381. The smallest absolute Gasteiger partial charge is 0.267 e. The van der Waals surface area contributed by atoms with Gasteiger partial charge in [-0.15, -0.1) is 0 Å². The van der Waals surface area contributed by atoms with Crippen LogP contribution in [0.3, 0.4) is 0 Å². The van der Waals surface area contributed by atoms with E-state index in [1.54, 1.807) is 25.3 Å². The van der Waals surface area contributed by atoms with Gasteiger partial charge in [0.15, 0.2) is 11.5 Å². The lowest BCUT2D eigenvalue weighted by atomic mass is 10.1. The molecule has 2 aromatic carbocycles. The van der Waals surface area contributed by atoms with E-state index in [1.165, 1.54) is 10.7 Å². The van der Waals surface area contributed by atoms with Gasteiger partial charge in [0.1, 0.15) is 12.3 Å². The van der Waals surface area contributed by atoms with Crippen molar-refractivity contribution < 1.29 is 18.7 Å². The average molecular weight is 448 g/mol. The molecule has 2 aromatic heterocycles. The van der Waals surface area contributed by atoms with Crippen molar-refractivity contribution in [2.75, 3.05) is 20.3 Å². The Hall–Kier alpha value is -4.14. The molecule has 0 bridgehead atoms. The van der Waals surface area contributed by atoms with E-state index in [2.05, 4.69) is 15.2 Å². The minimum atomic E-state index is -0.271. The van der Waals surface area contributed by atoms with Gasteiger partial charge in [-0.1, -0.05) is 5.16 Å².